The van der Waals surface area contributed by atoms with Gasteiger partial charge in [0.15, 0.2) is 0 Å². The average molecular weight is 284 g/mol. The average Bonchev–Trinajstić information content (AvgIpc) is 2.40. The number of benzene rings is 2. The molecule has 2 aromatic rings. The van der Waals surface area contributed by atoms with Crippen LogP contribution < -0.4 is 22.1 Å². The van der Waals surface area contributed by atoms with Crippen molar-refractivity contribution in [1.29, 1.82) is 0 Å². The van der Waals surface area contributed by atoms with E-state index >= 15 is 0 Å². The van der Waals surface area contributed by atoms with Gasteiger partial charge in [0.2, 0.25) is 5.91 Å². The summed E-state index contributed by atoms with van der Waals surface area (Å²) in [5, 5.41) is 5.82. The van der Waals surface area contributed by atoms with Gasteiger partial charge >= 0.3 is 0 Å². The van der Waals surface area contributed by atoms with Crippen LogP contribution in [0.15, 0.2) is 42.5 Å². The summed E-state index contributed by atoms with van der Waals surface area (Å²) < 4.78 is 0. The first-order valence-corrected chi connectivity index (χ1v) is 6.29. The highest BCUT2D eigenvalue weighted by molar-refractivity contribution is 5.99. The van der Waals surface area contributed by atoms with Crippen molar-refractivity contribution in [3.8, 4) is 0 Å². The van der Waals surface area contributed by atoms with Crippen LogP contribution in [0.1, 0.15) is 17.3 Å². The third kappa shape index (κ3) is 3.73. The summed E-state index contributed by atoms with van der Waals surface area (Å²) in [5.74, 6) is -0.723. The fraction of sp³-hybridized carbons (Fsp3) is 0.0667. The summed E-state index contributed by atoms with van der Waals surface area (Å²) in [6, 6.07) is 12.1. The third-order valence-electron chi connectivity index (χ3n) is 2.79. The first-order chi connectivity index (χ1) is 9.95. The minimum absolute atomic E-state index is 0.143. The summed E-state index contributed by atoms with van der Waals surface area (Å²) >= 11 is 0. The molecule has 0 spiro atoms. The van der Waals surface area contributed by atoms with Crippen LogP contribution in [0.5, 0.6) is 0 Å². The minimum atomic E-state index is -0.580. The topological polar surface area (TPSA) is 110 Å². The second-order valence-electron chi connectivity index (χ2n) is 4.55. The Kier molecular flexibility index (Phi) is 4.08. The quantitative estimate of drug-likeness (QED) is 0.644. The van der Waals surface area contributed by atoms with E-state index in [0.717, 1.165) is 5.69 Å². The molecule has 2 amide bonds. The molecule has 0 bridgehead atoms. The van der Waals surface area contributed by atoms with E-state index in [1.165, 1.54) is 6.92 Å². The Labute approximate surface area is 122 Å². The molecule has 0 aromatic heterocycles. The number of primary amides is 1. The Balaban J connectivity index is 2.24. The van der Waals surface area contributed by atoms with Crippen LogP contribution in [-0.4, -0.2) is 11.8 Å². The second kappa shape index (κ2) is 5.96. The van der Waals surface area contributed by atoms with Crippen molar-refractivity contribution in [2.45, 2.75) is 6.92 Å². The molecule has 0 radical (unpaired) electrons. The predicted octanol–water partition coefficient (Wildman–Crippen LogP) is 2.07. The zero-order chi connectivity index (χ0) is 15.4. The molecule has 0 atom stereocenters. The van der Waals surface area contributed by atoms with E-state index in [1.54, 1.807) is 36.4 Å². The standard InChI is InChI=1S/C15H16N4O2/c1-9(20)18-10-3-2-4-11(7-10)19-12-5-6-14(16)13(8-12)15(17)21/h2-8,19H,16H2,1H3,(H2,17,21)(H,18,20). The smallest absolute Gasteiger partial charge is 0.250 e. The summed E-state index contributed by atoms with van der Waals surface area (Å²) in [4.78, 5) is 22.3. The number of carbonyl (C=O) groups is 2. The molecule has 0 saturated carbocycles. The maximum atomic E-state index is 11.3. The fourth-order valence-corrected chi connectivity index (χ4v) is 1.89. The largest absolute Gasteiger partial charge is 0.398 e. The molecule has 0 heterocycles. The molecule has 2 aromatic carbocycles. The van der Waals surface area contributed by atoms with Gasteiger partial charge in [-0.05, 0) is 36.4 Å². The lowest BCUT2D eigenvalue weighted by molar-refractivity contribution is -0.114. The molecule has 108 valence electrons. The van der Waals surface area contributed by atoms with Crippen LogP contribution in [0.2, 0.25) is 0 Å². The van der Waals surface area contributed by atoms with E-state index < -0.39 is 5.91 Å². The predicted molar refractivity (Wildman–Crippen MR) is 83.4 cm³/mol. The van der Waals surface area contributed by atoms with Crippen molar-refractivity contribution in [2.75, 3.05) is 16.4 Å². The SMILES string of the molecule is CC(=O)Nc1cccc(Nc2ccc(N)c(C(N)=O)c2)c1. The van der Waals surface area contributed by atoms with E-state index in [0.29, 0.717) is 17.1 Å². The first-order valence-electron chi connectivity index (χ1n) is 6.29. The molecule has 6 N–H and O–H groups in total. The van der Waals surface area contributed by atoms with Crippen molar-refractivity contribution in [2.24, 2.45) is 5.73 Å². The maximum Gasteiger partial charge on any atom is 0.250 e. The molecule has 21 heavy (non-hydrogen) atoms. The van der Waals surface area contributed by atoms with Gasteiger partial charge in [-0.3, -0.25) is 9.59 Å². The Morgan fingerprint density at radius 1 is 1.00 bits per heavy atom. The fourth-order valence-electron chi connectivity index (χ4n) is 1.89. The zero-order valence-corrected chi connectivity index (χ0v) is 11.5. The highest BCUT2D eigenvalue weighted by atomic mass is 16.1. The highest BCUT2D eigenvalue weighted by Gasteiger charge is 2.07. The number of hydrogen-bond acceptors (Lipinski definition) is 4. The van der Waals surface area contributed by atoms with E-state index in [4.69, 9.17) is 11.5 Å². The van der Waals surface area contributed by atoms with Crippen LogP contribution in [-0.2, 0) is 4.79 Å². The van der Waals surface area contributed by atoms with E-state index in [9.17, 15) is 9.59 Å². The zero-order valence-electron chi connectivity index (χ0n) is 11.5. The van der Waals surface area contributed by atoms with Crippen molar-refractivity contribution in [3.05, 3.63) is 48.0 Å². The lowest BCUT2D eigenvalue weighted by atomic mass is 10.1. The van der Waals surface area contributed by atoms with Crippen LogP contribution in [0.4, 0.5) is 22.7 Å². The monoisotopic (exact) mass is 284 g/mol. The van der Waals surface area contributed by atoms with Gasteiger partial charge in [0.25, 0.3) is 5.91 Å². The Hall–Kier alpha value is -3.02. The van der Waals surface area contributed by atoms with Crippen molar-refractivity contribution < 1.29 is 9.59 Å². The van der Waals surface area contributed by atoms with Gasteiger partial charge < -0.3 is 22.1 Å². The van der Waals surface area contributed by atoms with Crippen LogP contribution in [0, 0.1) is 0 Å². The maximum absolute atomic E-state index is 11.3. The van der Waals surface area contributed by atoms with E-state index in [2.05, 4.69) is 10.6 Å². The lowest BCUT2D eigenvalue weighted by Crippen LogP contribution is -2.13. The van der Waals surface area contributed by atoms with Crippen LogP contribution in [0.25, 0.3) is 0 Å². The lowest BCUT2D eigenvalue weighted by Gasteiger charge is -2.10. The molecule has 0 aliphatic heterocycles. The number of anilines is 4. The summed E-state index contributed by atoms with van der Waals surface area (Å²) in [6.45, 7) is 1.44. The molecule has 0 saturated heterocycles. The van der Waals surface area contributed by atoms with Crippen molar-refractivity contribution in [3.63, 3.8) is 0 Å². The van der Waals surface area contributed by atoms with E-state index in [-0.39, 0.29) is 11.5 Å². The molecule has 6 nitrogen and oxygen atoms in total. The van der Waals surface area contributed by atoms with Crippen molar-refractivity contribution in [1.82, 2.24) is 0 Å². The Morgan fingerprint density at radius 2 is 1.67 bits per heavy atom. The number of hydrogen-bond donors (Lipinski definition) is 4. The molecule has 0 unspecified atom stereocenters. The van der Waals surface area contributed by atoms with Gasteiger partial charge in [0.1, 0.15) is 0 Å². The summed E-state index contributed by atoms with van der Waals surface area (Å²) in [5.41, 5.74) is 13.7. The van der Waals surface area contributed by atoms with Gasteiger partial charge in [-0.15, -0.1) is 0 Å². The van der Waals surface area contributed by atoms with Crippen LogP contribution >= 0.6 is 0 Å². The summed E-state index contributed by atoms with van der Waals surface area (Å²) in [6.07, 6.45) is 0. The molecule has 6 heteroatoms. The van der Waals surface area contributed by atoms with Crippen molar-refractivity contribution >= 4 is 34.6 Å². The van der Waals surface area contributed by atoms with Gasteiger partial charge in [-0.2, -0.15) is 0 Å². The van der Waals surface area contributed by atoms with Gasteiger partial charge in [-0.25, -0.2) is 0 Å². The number of amides is 2. The number of nitrogen functional groups attached to an aromatic ring is 1. The second-order valence-corrected chi connectivity index (χ2v) is 4.55. The molecular formula is C15H16N4O2. The van der Waals surface area contributed by atoms with Crippen LogP contribution in [0.3, 0.4) is 0 Å². The van der Waals surface area contributed by atoms with E-state index in [1.807, 2.05) is 6.07 Å². The van der Waals surface area contributed by atoms with Gasteiger partial charge in [-0.1, -0.05) is 6.07 Å². The molecule has 0 fully saturated rings. The normalized spacial score (nSPS) is 9.95. The highest BCUT2D eigenvalue weighted by Crippen LogP contribution is 2.23. The molecule has 0 aliphatic carbocycles. The minimum Gasteiger partial charge on any atom is -0.398 e. The molecular weight excluding hydrogens is 268 g/mol. The Bertz CT molecular complexity index is 698. The van der Waals surface area contributed by atoms with Gasteiger partial charge in [0, 0.05) is 29.7 Å². The van der Waals surface area contributed by atoms with Gasteiger partial charge in [0.05, 0.1) is 5.56 Å². The third-order valence-corrected chi connectivity index (χ3v) is 2.79. The summed E-state index contributed by atoms with van der Waals surface area (Å²) in [7, 11) is 0. The number of nitrogens with two attached hydrogens (primary N) is 2. The number of carbonyl (C=O) groups excluding carboxylic acids is 2. The first kappa shape index (κ1) is 14.4. The number of rotatable bonds is 4. The number of nitrogens with one attached hydrogen (secondary N) is 2. The molecule has 0 aliphatic rings. The Morgan fingerprint density at radius 3 is 2.33 bits per heavy atom. The molecule has 2 rings (SSSR count).